The Labute approximate surface area is 157 Å². The van der Waals surface area contributed by atoms with Gasteiger partial charge in [-0.3, -0.25) is 4.79 Å². The van der Waals surface area contributed by atoms with E-state index in [0.717, 1.165) is 34.1 Å². The van der Waals surface area contributed by atoms with Gasteiger partial charge in [0.25, 0.3) is 5.22 Å². The molecule has 126 valence electrons. The van der Waals surface area contributed by atoms with Crippen molar-refractivity contribution < 1.29 is 9.21 Å². The highest BCUT2D eigenvalue weighted by Crippen LogP contribution is 2.32. The van der Waals surface area contributed by atoms with Crippen LogP contribution < -0.4 is 5.32 Å². The number of thioether (sulfide) groups is 1. The lowest BCUT2D eigenvalue weighted by Gasteiger charge is -2.09. The second-order valence-corrected chi connectivity index (χ2v) is 7.74. The molecule has 7 heteroatoms. The molecule has 3 aromatic rings. The normalized spacial score (nSPS) is 16.8. The number of hydrogen-bond donors (Lipinski definition) is 1. The van der Waals surface area contributed by atoms with Crippen molar-refractivity contribution in [3.05, 3.63) is 58.6 Å². The van der Waals surface area contributed by atoms with E-state index in [9.17, 15) is 4.79 Å². The molecule has 1 aliphatic rings. The van der Waals surface area contributed by atoms with E-state index >= 15 is 0 Å². The van der Waals surface area contributed by atoms with Gasteiger partial charge >= 0.3 is 0 Å². The second-order valence-electron chi connectivity index (χ2n) is 5.67. The minimum Gasteiger partial charge on any atom is -0.411 e. The molecule has 0 aliphatic carbocycles. The zero-order chi connectivity index (χ0) is 17.2. The van der Waals surface area contributed by atoms with Crippen molar-refractivity contribution in [2.24, 2.45) is 0 Å². The van der Waals surface area contributed by atoms with Gasteiger partial charge in [-0.05, 0) is 48.7 Å². The van der Waals surface area contributed by atoms with E-state index in [1.165, 1.54) is 11.8 Å². The summed E-state index contributed by atoms with van der Waals surface area (Å²) >= 11 is 4.71. The van der Waals surface area contributed by atoms with Crippen LogP contribution in [0.1, 0.15) is 12.0 Å². The third-order valence-corrected chi connectivity index (χ3v) is 5.61. The van der Waals surface area contributed by atoms with Crippen molar-refractivity contribution in [2.75, 3.05) is 5.32 Å². The van der Waals surface area contributed by atoms with Gasteiger partial charge in [0.2, 0.25) is 11.8 Å². The van der Waals surface area contributed by atoms with Crippen LogP contribution in [0.3, 0.4) is 0 Å². The molecule has 0 fully saturated rings. The summed E-state index contributed by atoms with van der Waals surface area (Å²) in [5, 5.41) is 11.3. The number of fused-ring (bicyclic) bond motifs is 1. The zero-order valence-corrected chi connectivity index (χ0v) is 15.5. The number of aromatic nitrogens is 2. The van der Waals surface area contributed by atoms with Gasteiger partial charge in [-0.2, -0.15) is 0 Å². The molecule has 0 saturated heterocycles. The smallest absolute Gasteiger partial charge is 0.277 e. The summed E-state index contributed by atoms with van der Waals surface area (Å²) in [7, 11) is 0. The van der Waals surface area contributed by atoms with Crippen LogP contribution in [0.4, 0.5) is 5.69 Å². The molecule has 25 heavy (non-hydrogen) atoms. The van der Waals surface area contributed by atoms with Crippen LogP contribution in [0.5, 0.6) is 0 Å². The van der Waals surface area contributed by atoms with Crippen molar-refractivity contribution in [1.29, 1.82) is 0 Å². The molecule has 2 aromatic carbocycles. The Bertz CT molecular complexity index is 911. The van der Waals surface area contributed by atoms with Crippen LogP contribution in [0.2, 0.25) is 0 Å². The van der Waals surface area contributed by atoms with Crippen molar-refractivity contribution >= 4 is 39.3 Å². The number of carbonyl (C=O) groups excluding carboxylic acids is 1. The van der Waals surface area contributed by atoms with Gasteiger partial charge in [0, 0.05) is 15.7 Å². The number of benzene rings is 2. The Morgan fingerprint density at radius 2 is 1.92 bits per heavy atom. The fraction of sp³-hybridized carbons (Fsp3) is 0.167. The Kier molecular flexibility index (Phi) is 4.59. The molecule has 1 N–H and O–H groups in total. The first-order chi connectivity index (χ1) is 12.2. The highest BCUT2D eigenvalue weighted by molar-refractivity contribution is 9.10. The summed E-state index contributed by atoms with van der Waals surface area (Å²) in [4.78, 5) is 12.5. The van der Waals surface area contributed by atoms with E-state index in [1.54, 1.807) is 0 Å². The van der Waals surface area contributed by atoms with E-state index in [0.29, 0.717) is 11.1 Å². The molecule has 0 saturated carbocycles. The van der Waals surface area contributed by atoms with Crippen molar-refractivity contribution in [1.82, 2.24) is 10.2 Å². The molecular weight excluding hydrogens is 402 g/mol. The topological polar surface area (TPSA) is 68.0 Å². The van der Waals surface area contributed by atoms with Crippen LogP contribution in [0.25, 0.3) is 11.5 Å². The van der Waals surface area contributed by atoms with Crippen molar-refractivity contribution in [2.45, 2.75) is 23.3 Å². The number of halogens is 1. The van der Waals surface area contributed by atoms with Gasteiger partial charge in [-0.1, -0.05) is 45.9 Å². The highest BCUT2D eigenvalue weighted by atomic mass is 79.9. The van der Waals surface area contributed by atoms with Gasteiger partial charge in [0.15, 0.2) is 0 Å². The van der Waals surface area contributed by atoms with Gasteiger partial charge in [-0.25, -0.2) is 0 Å². The third-order valence-electron chi connectivity index (χ3n) is 3.98. The lowest BCUT2D eigenvalue weighted by Crippen LogP contribution is -2.23. The summed E-state index contributed by atoms with van der Waals surface area (Å²) in [5.41, 5.74) is 2.89. The van der Waals surface area contributed by atoms with Crippen LogP contribution in [-0.4, -0.2) is 21.4 Å². The molecular formula is C18H14BrN3O2S. The van der Waals surface area contributed by atoms with E-state index < -0.39 is 0 Å². The SMILES string of the molecule is O=C1Nc2ccccc2CCC1Sc1nnc(-c2ccc(Br)cc2)o1. The standard InChI is InChI=1S/C18H14BrN3O2S/c19-13-8-5-12(6-9-13)17-21-22-18(24-17)25-15-10-7-11-3-1-2-4-14(11)20-16(15)23/h1-6,8-9,15H,7,10H2,(H,20,23). The van der Waals surface area contributed by atoms with Gasteiger partial charge < -0.3 is 9.73 Å². The molecule has 0 bridgehead atoms. The van der Waals surface area contributed by atoms with Gasteiger partial charge in [0.1, 0.15) is 0 Å². The van der Waals surface area contributed by atoms with Crippen LogP contribution in [0.15, 0.2) is 62.6 Å². The van der Waals surface area contributed by atoms with Crippen LogP contribution in [0, 0.1) is 0 Å². The van der Waals surface area contributed by atoms with Gasteiger partial charge in [0.05, 0.1) is 5.25 Å². The number of hydrogen-bond acceptors (Lipinski definition) is 5. The van der Waals surface area contributed by atoms with Crippen LogP contribution >= 0.6 is 27.7 Å². The summed E-state index contributed by atoms with van der Waals surface area (Å²) < 4.78 is 6.71. The number of anilines is 1. The maximum atomic E-state index is 12.5. The average molecular weight is 416 g/mol. The van der Waals surface area contributed by atoms with Crippen molar-refractivity contribution in [3.63, 3.8) is 0 Å². The summed E-state index contributed by atoms with van der Waals surface area (Å²) in [6, 6.07) is 15.5. The number of para-hydroxylation sites is 1. The molecule has 4 rings (SSSR count). The lowest BCUT2D eigenvalue weighted by atomic mass is 10.1. The molecule has 0 spiro atoms. The molecule has 1 amide bonds. The quantitative estimate of drug-likeness (QED) is 0.679. The fourth-order valence-electron chi connectivity index (χ4n) is 2.69. The minimum atomic E-state index is -0.259. The molecule has 1 aromatic heterocycles. The molecule has 5 nitrogen and oxygen atoms in total. The Morgan fingerprint density at radius 3 is 2.76 bits per heavy atom. The first kappa shape index (κ1) is 16.4. The maximum Gasteiger partial charge on any atom is 0.277 e. The van der Waals surface area contributed by atoms with Gasteiger partial charge in [-0.15, -0.1) is 10.2 Å². The number of amides is 1. The molecule has 1 atom stereocenters. The van der Waals surface area contributed by atoms with Crippen LogP contribution in [-0.2, 0) is 11.2 Å². The minimum absolute atomic E-state index is 0.0293. The third kappa shape index (κ3) is 3.62. The average Bonchev–Trinajstić information content (AvgIpc) is 3.02. The number of nitrogens with zero attached hydrogens (tertiary/aromatic N) is 2. The van der Waals surface area contributed by atoms with Crippen molar-refractivity contribution in [3.8, 4) is 11.5 Å². The largest absolute Gasteiger partial charge is 0.411 e. The molecule has 2 heterocycles. The Morgan fingerprint density at radius 1 is 1.12 bits per heavy atom. The summed E-state index contributed by atoms with van der Waals surface area (Å²) in [6.45, 7) is 0. The fourth-order valence-corrected chi connectivity index (χ4v) is 3.82. The van der Waals surface area contributed by atoms with E-state index in [1.807, 2.05) is 48.5 Å². The molecule has 0 radical (unpaired) electrons. The molecule has 1 unspecified atom stereocenters. The first-order valence-corrected chi connectivity index (χ1v) is 9.51. The Hall–Kier alpha value is -2.12. The predicted octanol–water partition coefficient (Wildman–Crippen LogP) is 4.54. The molecule has 1 aliphatic heterocycles. The Balaban J connectivity index is 1.49. The maximum absolute atomic E-state index is 12.5. The first-order valence-electron chi connectivity index (χ1n) is 7.84. The summed E-state index contributed by atoms with van der Waals surface area (Å²) in [6.07, 6.45) is 1.56. The van der Waals surface area contributed by atoms with E-state index in [2.05, 4.69) is 31.4 Å². The van der Waals surface area contributed by atoms with E-state index in [4.69, 9.17) is 4.42 Å². The number of nitrogens with one attached hydrogen (secondary N) is 1. The predicted molar refractivity (Wildman–Crippen MR) is 100 cm³/mol. The number of aryl methyl sites for hydroxylation is 1. The number of carbonyl (C=O) groups is 1. The number of rotatable bonds is 3. The summed E-state index contributed by atoms with van der Waals surface area (Å²) in [5.74, 6) is 0.422. The lowest BCUT2D eigenvalue weighted by molar-refractivity contribution is -0.115. The monoisotopic (exact) mass is 415 g/mol. The zero-order valence-electron chi connectivity index (χ0n) is 13.1. The van der Waals surface area contributed by atoms with E-state index in [-0.39, 0.29) is 11.2 Å². The second kappa shape index (κ2) is 7.01. The highest BCUT2D eigenvalue weighted by Gasteiger charge is 2.26.